The van der Waals surface area contributed by atoms with Crippen LogP contribution in [0.3, 0.4) is 0 Å². The molecular formula is C27H24N2O6. The maximum absolute atomic E-state index is 13.8. The normalized spacial score (nSPS) is 10.6. The minimum Gasteiger partial charge on any atom is -0.493 e. The maximum atomic E-state index is 13.8. The molecule has 1 heterocycles. The molecule has 4 aromatic rings. The van der Waals surface area contributed by atoms with E-state index < -0.39 is 4.92 Å². The van der Waals surface area contributed by atoms with Gasteiger partial charge in [0.15, 0.2) is 17.3 Å². The summed E-state index contributed by atoms with van der Waals surface area (Å²) in [5.41, 5.74) is 3.69. The van der Waals surface area contributed by atoms with Gasteiger partial charge in [0.05, 0.1) is 26.3 Å². The molecule has 0 N–H and O–H groups in total. The molecule has 0 aliphatic rings. The summed E-state index contributed by atoms with van der Waals surface area (Å²) in [4.78, 5) is 24.7. The van der Waals surface area contributed by atoms with Gasteiger partial charge in [0.25, 0.3) is 5.69 Å². The molecule has 3 aromatic carbocycles. The highest BCUT2D eigenvalue weighted by Gasteiger charge is 2.23. The van der Waals surface area contributed by atoms with Crippen molar-refractivity contribution in [3.63, 3.8) is 0 Å². The summed E-state index contributed by atoms with van der Waals surface area (Å²) in [6, 6.07) is 17.2. The van der Waals surface area contributed by atoms with Gasteiger partial charge in [0, 0.05) is 46.9 Å². The van der Waals surface area contributed by atoms with Crippen molar-refractivity contribution in [2.45, 2.75) is 6.92 Å². The Hall–Kier alpha value is -4.59. The van der Waals surface area contributed by atoms with Gasteiger partial charge in [-0.2, -0.15) is 0 Å². The van der Waals surface area contributed by atoms with Gasteiger partial charge in [-0.3, -0.25) is 14.9 Å². The summed E-state index contributed by atoms with van der Waals surface area (Å²) in [6.45, 7) is 1.98. The van der Waals surface area contributed by atoms with Crippen molar-refractivity contribution < 1.29 is 23.9 Å². The topological polar surface area (TPSA) is 92.8 Å². The third kappa shape index (κ3) is 4.59. The Morgan fingerprint density at radius 2 is 1.57 bits per heavy atom. The summed E-state index contributed by atoms with van der Waals surface area (Å²) >= 11 is 0. The van der Waals surface area contributed by atoms with E-state index >= 15 is 0 Å². The van der Waals surface area contributed by atoms with Gasteiger partial charge >= 0.3 is 0 Å². The summed E-state index contributed by atoms with van der Waals surface area (Å²) < 4.78 is 18.0. The Morgan fingerprint density at radius 3 is 2.17 bits per heavy atom. The second-order valence-electron chi connectivity index (χ2n) is 7.88. The Labute approximate surface area is 202 Å². The van der Waals surface area contributed by atoms with Gasteiger partial charge < -0.3 is 18.8 Å². The van der Waals surface area contributed by atoms with Crippen LogP contribution in [-0.2, 0) is 0 Å². The number of ketones is 1. The zero-order valence-electron chi connectivity index (χ0n) is 19.8. The Kier molecular flexibility index (Phi) is 6.55. The fraction of sp³-hybridized carbons (Fsp3) is 0.148. The lowest BCUT2D eigenvalue weighted by atomic mass is 9.97. The van der Waals surface area contributed by atoms with Crippen LogP contribution in [0.5, 0.6) is 17.2 Å². The number of hydrogen-bond acceptors (Lipinski definition) is 6. The molecule has 8 heteroatoms. The average molecular weight is 472 g/mol. The third-order valence-corrected chi connectivity index (χ3v) is 5.67. The van der Waals surface area contributed by atoms with Crippen LogP contribution in [0.4, 0.5) is 5.69 Å². The molecule has 178 valence electrons. The predicted molar refractivity (Wildman–Crippen MR) is 132 cm³/mol. The number of benzene rings is 3. The zero-order chi connectivity index (χ0) is 25.1. The minimum absolute atomic E-state index is 0.0583. The van der Waals surface area contributed by atoms with Crippen LogP contribution in [-0.4, -0.2) is 36.6 Å². The van der Waals surface area contributed by atoms with Crippen molar-refractivity contribution in [3.8, 4) is 34.1 Å². The first-order chi connectivity index (χ1) is 16.9. The van der Waals surface area contributed by atoms with Crippen molar-refractivity contribution in [2.75, 3.05) is 21.3 Å². The highest BCUT2D eigenvalue weighted by atomic mass is 16.6. The highest BCUT2D eigenvalue weighted by molar-refractivity contribution is 6.13. The van der Waals surface area contributed by atoms with Crippen molar-refractivity contribution in [1.82, 2.24) is 4.57 Å². The van der Waals surface area contributed by atoms with E-state index in [2.05, 4.69) is 0 Å². The molecule has 0 spiro atoms. The number of hydrogen-bond donors (Lipinski definition) is 0. The third-order valence-electron chi connectivity index (χ3n) is 5.67. The minimum atomic E-state index is -0.457. The number of carbonyl (C=O) groups is 1. The molecule has 0 bridgehead atoms. The maximum Gasteiger partial charge on any atom is 0.270 e. The lowest BCUT2D eigenvalue weighted by molar-refractivity contribution is -0.384. The summed E-state index contributed by atoms with van der Waals surface area (Å²) in [6.07, 6.45) is 3.54. The van der Waals surface area contributed by atoms with Gasteiger partial charge in [0.2, 0.25) is 5.75 Å². The van der Waals surface area contributed by atoms with Crippen molar-refractivity contribution in [2.24, 2.45) is 0 Å². The monoisotopic (exact) mass is 472 g/mol. The van der Waals surface area contributed by atoms with Gasteiger partial charge in [-0.1, -0.05) is 24.3 Å². The largest absolute Gasteiger partial charge is 0.493 e. The van der Waals surface area contributed by atoms with E-state index in [1.807, 2.05) is 35.8 Å². The van der Waals surface area contributed by atoms with Crippen LogP contribution < -0.4 is 14.2 Å². The quantitative estimate of drug-likeness (QED) is 0.188. The van der Waals surface area contributed by atoms with Crippen LogP contribution in [0, 0.1) is 17.0 Å². The Balaban J connectivity index is 1.91. The van der Waals surface area contributed by atoms with E-state index in [1.54, 1.807) is 36.7 Å². The summed E-state index contributed by atoms with van der Waals surface area (Å²) in [5, 5.41) is 11.4. The van der Waals surface area contributed by atoms with E-state index in [-0.39, 0.29) is 11.5 Å². The fourth-order valence-electron chi connectivity index (χ4n) is 3.96. The first-order valence-corrected chi connectivity index (χ1v) is 10.7. The number of nitrogens with zero attached hydrogens (tertiary/aromatic N) is 2. The number of rotatable bonds is 8. The van der Waals surface area contributed by atoms with Crippen LogP contribution in [0.2, 0.25) is 0 Å². The molecule has 0 fully saturated rings. The molecule has 0 saturated carbocycles. The Bertz CT molecular complexity index is 1400. The first-order valence-electron chi connectivity index (χ1n) is 10.7. The number of non-ortho nitro benzene ring substituents is 1. The molecule has 35 heavy (non-hydrogen) atoms. The number of ether oxygens (including phenoxy) is 3. The zero-order valence-corrected chi connectivity index (χ0v) is 19.8. The van der Waals surface area contributed by atoms with E-state index in [9.17, 15) is 14.9 Å². The first kappa shape index (κ1) is 23.6. The molecule has 0 atom stereocenters. The van der Waals surface area contributed by atoms with Crippen LogP contribution >= 0.6 is 0 Å². The number of aromatic nitrogens is 1. The van der Waals surface area contributed by atoms with E-state index in [1.165, 1.54) is 33.5 Å². The summed E-state index contributed by atoms with van der Waals surface area (Å²) in [7, 11) is 4.45. The van der Waals surface area contributed by atoms with Crippen LogP contribution in [0.15, 0.2) is 73.1 Å². The fourth-order valence-corrected chi connectivity index (χ4v) is 3.96. The van der Waals surface area contributed by atoms with E-state index in [4.69, 9.17) is 14.2 Å². The molecule has 0 radical (unpaired) electrons. The molecule has 8 nitrogen and oxygen atoms in total. The molecule has 0 aliphatic carbocycles. The molecule has 0 aliphatic heterocycles. The lowest BCUT2D eigenvalue weighted by Crippen LogP contribution is -2.05. The summed E-state index contributed by atoms with van der Waals surface area (Å²) in [5.74, 6) is 0.787. The van der Waals surface area contributed by atoms with Gasteiger partial charge in [-0.25, -0.2) is 0 Å². The van der Waals surface area contributed by atoms with Crippen LogP contribution in [0.25, 0.3) is 16.8 Å². The smallest absolute Gasteiger partial charge is 0.270 e. The number of methoxy groups -OCH3 is 3. The number of nitro groups is 1. The highest BCUT2D eigenvalue weighted by Crippen LogP contribution is 2.39. The molecule has 0 unspecified atom stereocenters. The molecule has 0 amide bonds. The van der Waals surface area contributed by atoms with Crippen LogP contribution in [0.1, 0.15) is 21.5 Å². The number of nitro benzene ring substituents is 1. The van der Waals surface area contributed by atoms with E-state index in [0.717, 1.165) is 11.3 Å². The average Bonchev–Trinajstić information content (AvgIpc) is 3.33. The van der Waals surface area contributed by atoms with Gasteiger partial charge in [-0.15, -0.1) is 0 Å². The van der Waals surface area contributed by atoms with Crippen molar-refractivity contribution in [3.05, 3.63) is 99.9 Å². The number of carbonyl (C=O) groups excluding carboxylic acids is 1. The van der Waals surface area contributed by atoms with Crippen molar-refractivity contribution >= 4 is 11.5 Å². The molecule has 4 rings (SSSR count). The standard InChI is InChI=1S/C27H24N2O6/c1-17-7-5-9-20(11-17)28-15-22(18-8-6-10-21(12-18)29(31)32)23(16-28)26(30)19-13-24(33-2)27(35-4)25(14-19)34-3/h5-16H,1-4H3. The SMILES string of the molecule is COc1cc(C(=O)c2cn(-c3cccc(C)c3)cc2-c2cccc([N+](=O)[O-])c2)cc(OC)c1OC. The number of aryl methyl sites for hydroxylation is 1. The Morgan fingerprint density at radius 1 is 0.886 bits per heavy atom. The second kappa shape index (κ2) is 9.72. The van der Waals surface area contributed by atoms with Gasteiger partial charge in [-0.05, 0) is 42.3 Å². The predicted octanol–water partition coefficient (Wildman–Crippen LogP) is 5.62. The molecule has 0 saturated heterocycles. The second-order valence-corrected chi connectivity index (χ2v) is 7.88. The molecular weight excluding hydrogens is 448 g/mol. The van der Waals surface area contributed by atoms with Gasteiger partial charge in [0.1, 0.15) is 0 Å². The lowest BCUT2D eigenvalue weighted by Gasteiger charge is -2.14. The molecule has 1 aromatic heterocycles. The van der Waals surface area contributed by atoms with E-state index in [0.29, 0.717) is 39.5 Å². The van der Waals surface area contributed by atoms with Crippen molar-refractivity contribution in [1.29, 1.82) is 0 Å².